The first-order valence-electron chi connectivity index (χ1n) is 8.97. The molecule has 0 heterocycles. The number of benzene rings is 1. The summed E-state index contributed by atoms with van der Waals surface area (Å²) in [7, 11) is 0. The molecule has 0 saturated heterocycles. The normalized spacial score (nSPS) is 16.5. The first-order chi connectivity index (χ1) is 12.7. The van der Waals surface area contributed by atoms with Crippen molar-refractivity contribution in [3.8, 4) is 5.75 Å². The summed E-state index contributed by atoms with van der Waals surface area (Å²) in [4.78, 5) is 36.2. The minimum Gasteiger partial charge on any atom is -0.508 e. The number of rotatable bonds is 10. The number of aldehydes is 1. The number of hydrogen-bond donors (Lipinski definition) is 5. The Hall–Kier alpha value is -2.45. The van der Waals surface area contributed by atoms with Gasteiger partial charge in [0.25, 0.3) is 0 Å². The summed E-state index contributed by atoms with van der Waals surface area (Å²) in [5.41, 5.74) is 6.34. The number of nitrogens with one attached hydrogen (secondary N) is 2. The summed E-state index contributed by atoms with van der Waals surface area (Å²) in [5.74, 6) is -1.17. The molecule has 2 amide bonds. The Morgan fingerprint density at radius 3 is 2.22 bits per heavy atom. The zero-order valence-corrected chi connectivity index (χ0v) is 15.9. The molecular weight excluding hydrogens is 350 g/mol. The highest BCUT2D eigenvalue weighted by Crippen LogP contribution is 2.12. The minimum atomic E-state index is -1.18. The van der Waals surface area contributed by atoms with Gasteiger partial charge in [0.15, 0.2) is 0 Å². The molecular formula is C19H29N3O5. The number of hydrogen-bond acceptors (Lipinski definition) is 6. The molecule has 6 N–H and O–H groups in total. The molecule has 0 aliphatic rings. The van der Waals surface area contributed by atoms with E-state index in [1.54, 1.807) is 12.1 Å². The maximum Gasteiger partial charge on any atom is 0.243 e. The van der Waals surface area contributed by atoms with Gasteiger partial charge in [0, 0.05) is 6.42 Å². The lowest BCUT2D eigenvalue weighted by molar-refractivity contribution is -0.131. The Labute approximate surface area is 159 Å². The van der Waals surface area contributed by atoms with Gasteiger partial charge in [-0.15, -0.1) is 0 Å². The van der Waals surface area contributed by atoms with Gasteiger partial charge >= 0.3 is 0 Å². The quantitative estimate of drug-likeness (QED) is 0.358. The molecule has 8 nitrogen and oxygen atoms in total. The van der Waals surface area contributed by atoms with Gasteiger partial charge in [0.2, 0.25) is 11.8 Å². The molecule has 8 heteroatoms. The summed E-state index contributed by atoms with van der Waals surface area (Å²) in [6, 6.07) is 3.36. The van der Waals surface area contributed by atoms with Crippen LogP contribution in [-0.2, 0) is 20.8 Å². The smallest absolute Gasteiger partial charge is 0.243 e. The van der Waals surface area contributed by atoms with Crippen molar-refractivity contribution in [2.45, 2.75) is 57.8 Å². The first kappa shape index (κ1) is 22.6. The van der Waals surface area contributed by atoms with Crippen molar-refractivity contribution in [3.05, 3.63) is 29.8 Å². The minimum absolute atomic E-state index is 0.0591. The number of phenols is 1. The molecule has 0 unspecified atom stereocenters. The number of nitrogens with two attached hydrogens (primary N) is 1. The monoisotopic (exact) mass is 379 g/mol. The summed E-state index contributed by atoms with van der Waals surface area (Å²) in [5, 5.41) is 24.1. The highest BCUT2D eigenvalue weighted by molar-refractivity contribution is 5.91. The average Bonchev–Trinajstić information content (AvgIpc) is 2.65. The fourth-order valence-electron chi connectivity index (χ4n) is 2.39. The van der Waals surface area contributed by atoms with Gasteiger partial charge in [-0.1, -0.05) is 32.4 Å². The number of amides is 2. The van der Waals surface area contributed by atoms with Crippen LogP contribution in [0.1, 0.15) is 32.8 Å². The van der Waals surface area contributed by atoms with Crippen LogP contribution in [0.5, 0.6) is 5.75 Å². The summed E-state index contributed by atoms with van der Waals surface area (Å²) in [6.07, 6.45) is 0.431. The molecule has 0 radical (unpaired) electrons. The van der Waals surface area contributed by atoms with Crippen LogP contribution in [0.2, 0.25) is 0 Å². The van der Waals surface area contributed by atoms with Crippen LogP contribution >= 0.6 is 0 Å². The van der Waals surface area contributed by atoms with Gasteiger partial charge in [-0.3, -0.25) is 9.59 Å². The molecule has 150 valence electrons. The van der Waals surface area contributed by atoms with Crippen LogP contribution in [0.4, 0.5) is 0 Å². The van der Waals surface area contributed by atoms with E-state index >= 15 is 0 Å². The van der Waals surface area contributed by atoms with Crippen LogP contribution in [-0.4, -0.2) is 52.5 Å². The SMILES string of the molecule is CC[C@H](C)[C@@H](C=O)NC(=O)[C@H](Cc1ccc(O)cc1)NC(=O)[C@@H](N)[C@@H](C)O. The lowest BCUT2D eigenvalue weighted by Crippen LogP contribution is -2.56. The molecule has 1 aromatic rings. The van der Waals surface area contributed by atoms with E-state index in [-0.39, 0.29) is 18.1 Å². The first-order valence-corrected chi connectivity index (χ1v) is 8.97. The van der Waals surface area contributed by atoms with Crippen molar-refractivity contribution in [1.29, 1.82) is 0 Å². The fourth-order valence-corrected chi connectivity index (χ4v) is 2.39. The van der Waals surface area contributed by atoms with E-state index in [2.05, 4.69) is 10.6 Å². The molecule has 0 spiro atoms. The van der Waals surface area contributed by atoms with E-state index in [0.717, 1.165) is 0 Å². The largest absolute Gasteiger partial charge is 0.508 e. The molecule has 0 aliphatic heterocycles. The highest BCUT2D eigenvalue weighted by atomic mass is 16.3. The second-order valence-corrected chi connectivity index (χ2v) is 6.75. The highest BCUT2D eigenvalue weighted by Gasteiger charge is 2.28. The summed E-state index contributed by atoms with van der Waals surface area (Å²) >= 11 is 0. The van der Waals surface area contributed by atoms with Crippen LogP contribution in [0, 0.1) is 5.92 Å². The van der Waals surface area contributed by atoms with E-state index in [9.17, 15) is 24.6 Å². The molecule has 1 aromatic carbocycles. The summed E-state index contributed by atoms with van der Waals surface area (Å²) < 4.78 is 0. The molecule has 27 heavy (non-hydrogen) atoms. The fraction of sp³-hybridized carbons (Fsp3) is 0.526. The Morgan fingerprint density at radius 2 is 1.74 bits per heavy atom. The predicted molar refractivity (Wildman–Crippen MR) is 101 cm³/mol. The van der Waals surface area contributed by atoms with Gasteiger partial charge in [-0.05, 0) is 30.5 Å². The second kappa shape index (κ2) is 10.6. The molecule has 0 bridgehead atoms. The molecule has 0 fully saturated rings. The molecule has 0 aliphatic carbocycles. The van der Waals surface area contributed by atoms with E-state index < -0.39 is 36.0 Å². The van der Waals surface area contributed by atoms with Crippen LogP contribution in [0.3, 0.4) is 0 Å². The number of aromatic hydroxyl groups is 1. The van der Waals surface area contributed by atoms with E-state index in [1.165, 1.54) is 19.1 Å². The molecule has 5 atom stereocenters. The number of carbonyl (C=O) groups is 3. The van der Waals surface area contributed by atoms with Crippen molar-refractivity contribution in [3.63, 3.8) is 0 Å². The van der Waals surface area contributed by atoms with Crippen LogP contribution in [0.25, 0.3) is 0 Å². The van der Waals surface area contributed by atoms with E-state index in [4.69, 9.17) is 5.73 Å². The third kappa shape index (κ3) is 6.99. The maximum atomic E-state index is 12.7. The number of aliphatic hydroxyl groups is 1. The third-order valence-electron chi connectivity index (χ3n) is 4.54. The van der Waals surface area contributed by atoms with Gasteiger partial charge in [0.05, 0.1) is 12.1 Å². The molecule has 0 saturated carbocycles. The standard InChI is InChI=1S/C19H29N3O5/c1-4-11(2)16(10-23)22-18(26)15(21-19(27)17(20)12(3)24)9-13-5-7-14(25)8-6-13/h5-8,10-12,15-17,24-25H,4,9,20H2,1-3H3,(H,21,27)(H,22,26)/t11-,12+,15-,16+,17-/m0/s1. The van der Waals surface area contributed by atoms with Crippen molar-refractivity contribution in [2.24, 2.45) is 11.7 Å². The summed E-state index contributed by atoms with van der Waals surface area (Å²) in [6.45, 7) is 5.13. The van der Waals surface area contributed by atoms with Crippen LogP contribution in [0.15, 0.2) is 24.3 Å². The van der Waals surface area contributed by atoms with Gasteiger partial charge < -0.3 is 31.4 Å². The van der Waals surface area contributed by atoms with E-state index in [1.807, 2.05) is 13.8 Å². The van der Waals surface area contributed by atoms with Gasteiger partial charge in [0.1, 0.15) is 24.1 Å². The van der Waals surface area contributed by atoms with Crippen LogP contribution < -0.4 is 16.4 Å². The Bertz CT molecular complexity index is 633. The molecule has 1 rings (SSSR count). The Morgan fingerprint density at radius 1 is 1.15 bits per heavy atom. The zero-order valence-electron chi connectivity index (χ0n) is 15.9. The Kier molecular flexibility index (Phi) is 8.90. The van der Waals surface area contributed by atoms with Crippen molar-refractivity contribution < 1.29 is 24.6 Å². The third-order valence-corrected chi connectivity index (χ3v) is 4.54. The Balaban J connectivity index is 2.97. The van der Waals surface area contributed by atoms with E-state index in [0.29, 0.717) is 18.3 Å². The maximum absolute atomic E-state index is 12.7. The average molecular weight is 379 g/mol. The van der Waals surface area contributed by atoms with Gasteiger partial charge in [-0.2, -0.15) is 0 Å². The molecule has 0 aromatic heterocycles. The number of aliphatic hydroxyl groups excluding tert-OH is 1. The van der Waals surface area contributed by atoms with Crippen molar-refractivity contribution >= 4 is 18.1 Å². The lowest BCUT2D eigenvalue weighted by Gasteiger charge is -2.25. The second-order valence-electron chi connectivity index (χ2n) is 6.75. The lowest BCUT2D eigenvalue weighted by atomic mass is 9.99. The van der Waals surface area contributed by atoms with Crippen molar-refractivity contribution in [2.75, 3.05) is 0 Å². The number of phenolic OH excluding ortho intramolecular Hbond substituents is 1. The van der Waals surface area contributed by atoms with Gasteiger partial charge in [-0.25, -0.2) is 0 Å². The topological polar surface area (TPSA) is 142 Å². The zero-order chi connectivity index (χ0) is 20.6. The predicted octanol–water partition coefficient (Wildman–Crippen LogP) is -0.143. The van der Waals surface area contributed by atoms with Crippen molar-refractivity contribution in [1.82, 2.24) is 10.6 Å². The number of carbonyl (C=O) groups excluding carboxylic acids is 3.